The Balaban J connectivity index is 1.88. The second-order valence-electron chi connectivity index (χ2n) is 4.39. The van der Waals surface area contributed by atoms with Crippen LogP contribution in [-0.4, -0.2) is 36.9 Å². The number of rotatable bonds is 5. The number of anilines is 1. The zero-order chi connectivity index (χ0) is 13.8. The molecule has 0 radical (unpaired) electrons. The molecule has 1 aromatic carbocycles. The predicted molar refractivity (Wildman–Crippen MR) is 67.0 cm³/mol. The van der Waals surface area contributed by atoms with Crippen LogP contribution in [0, 0.1) is 5.82 Å². The second kappa shape index (κ2) is 5.88. The first-order valence-corrected chi connectivity index (χ1v) is 6.06. The molecule has 2 rings (SSSR count). The van der Waals surface area contributed by atoms with Gasteiger partial charge in [0.2, 0.25) is 0 Å². The Morgan fingerprint density at radius 2 is 2.37 bits per heavy atom. The smallest absolute Gasteiger partial charge is 0.332 e. The molecule has 0 aromatic heterocycles. The maximum absolute atomic E-state index is 13.2. The minimum atomic E-state index is -0.925. The van der Waals surface area contributed by atoms with Crippen molar-refractivity contribution >= 4 is 11.7 Å². The molecule has 2 N–H and O–H groups in total. The normalized spacial score (nSPS) is 22.2. The van der Waals surface area contributed by atoms with Crippen LogP contribution >= 0.6 is 0 Å². The third kappa shape index (κ3) is 3.35. The maximum Gasteiger partial charge on any atom is 0.332 e. The summed E-state index contributed by atoms with van der Waals surface area (Å²) in [5.41, 5.74) is 0.709. The summed E-state index contributed by atoms with van der Waals surface area (Å²) in [5.74, 6) is -1.18. The zero-order valence-electron chi connectivity index (χ0n) is 10.6. The molecule has 0 aliphatic carbocycles. The van der Waals surface area contributed by atoms with E-state index in [9.17, 15) is 9.18 Å². The SMILES string of the molecule is COc1cc(NCC2CCC(C(=O)O)O2)ccc1F. The molecule has 0 spiro atoms. The molecule has 1 aromatic rings. The summed E-state index contributed by atoms with van der Waals surface area (Å²) in [6.45, 7) is 0.485. The van der Waals surface area contributed by atoms with Gasteiger partial charge in [0.1, 0.15) is 0 Å². The minimum absolute atomic E-state index is 0.142. The highest BCUT2D eigenvalue weighted by molar-refractivity contribution is 5.72. The number of ether oxygens (including phenoxy) is 2. The highest BCUT2D eigenvalue weighted by Crippen LogP contribution is 2.23. The number of hydrogen-bond donors (Lipinski definition) is 2. The van der Waals surface area contributed by atoms with E-state index in [-0.39, 0.29) is 11.9 Å². The van der Waals surface area contributed by atoms with Crippen molar-refractivity contribution in [2.45, 2.75) is 25.0 Å². The van der Waals surface area contributed by atoms with Crippen molar-refractivity contribution in [2.24, 2.45) is 0 Å². The minimum Gasteiger partial charge on any atom is -0.494 e. The van der Waals surface area contributed by atoms with E-state index >= 15 is 0 Å². The standard InChI is InChI=1S/C13H16FNO4/c1-18-12-6-8(2-4-10(12)14)15-7-9-3-5-11(19-9)13(16)17/h2,4,6,9,11,15H,3,5,7H2,1H3,(H,16,17). The summed E-state index contributed by atoms with van der Waals surface area (Å²) in [6, 6.07) is 4.47. The fraction of sp³-hybridized carbons (Fsp3) is 0.462. The lowest BCUT2D eigenvalue weighted by molar-refractivity contribution is -0.149. The topological polar surface area (TPSA) is 67.8 Å². The number of methoxy groups -OCH3 is 1. The Bertz CT molecular complexity index is 466. The van der Waals surface area contributed by atoms with Gasteiger partial charge in [0.25, 0.3) is 0 Å². The number of aliphatic carboxylic acids is 1. The largest absolute Gasteiger partial charge is 0.494 e. The average molecular weight is 269 g/mol. The van der Waals surface area contributed by atoms with Gasteiger partial charge in [0.05, 0.1) is 13.2 Å². The second-order valence-corrected chi connectivity index (χ2v) is 4.39. The van der Waals surface area contributed by atoms with Crippen LogP contribution in [0.5, 0.6) is 5.75 Å². The van der Waals surface area contributed by atoms with Crippen molar-refractivity contribution in [3.05, 3.63) is 24.0 Å². The predicted octanol–water partition coefficient (Wildman–Crippen LogP) is 1.88. The van der Waals surface area contributed by atoms with E-state index < -0.39 is 17.9 Å². The average Bonchev–Trinajstić information content (AvgIpc) is 2.87. The van der Waals surface area contributed by atoms with Gasteiger partial charge in [-0.05, 0) is 25.0 Å². The van der Waals surface area contributed by atoms with Gasteiger partial charge < -0.3 is 19.9 Å². The van der Waals surface area contributed by atoms with Crippen molar-refractivity contribution in [3.63, 3.8) is 0 Å². The van der Waals surface area contributed by atoms with Gasteiger partial charge >= 0.3 is 5.97 Å². The molecule has 1 saturated heterocycles. The molecule has 104 valence electrons. The molecule has 19 heavy (non-hydrogen) atoms. The van der Waals surface area contributed by atoms with E-state index in [4.69, 9.17) is 14.6 Å². The third-order valence-electron chi connectivity index (χ3n) is 3.07. The van der Waals surface area contributed by atoms with Crippen LogP contribution < -0.4 is 10.1 Å². The molecule has 5 nitrogen and oxygen atoms in total. The van der Waals surface area contributed by atoms with E-state index in [0.29, 0.717) is 25.1 Å². The molecule has 6 heteroatoms. The molecule has 1 aliphatic heterocycles. The summed E-state index contributed by atoms with van der Waals surface area (Å²) in [7, 11) is 1.40. The molecular weight excluding hydrogens is 253 g/mol. The fourth-order valence-electron chi connectivity index (χ4n) is 2.04. The lowest BCUT2D eigenvalue weighted by atomic mass is 10.2. The summed E-state index contributed by atoms with van der Waals surface area (Å²) in [4.78, 5) is 10.7. The van der Waals surface area contributed by atoms with E-state index in [1.807, 2.05) is 0 Å². The van der Waals surface area contributed by atoms with E-state index in [1.165, 1.54) is 13.2 Å². The number of carboxylic acids is 1. The Morgan fingerprint density at radius 1 is 1.58 bits per heavy atom. The molecule has 1 heterocycles. The van der Waals surface area contributed by atoms with Gasteiger partial charge in [-0.2, -0.15) is 0 Å². The molecule has 1 fully saturated rings. The first kappa shape index (κ1) is 13.6. The van der Waals surface area contributed by atoms with Crippen LogP contribution in [0.15, 0.2) is 18.2 Å². The Hall–Kier alpha value is -1.82. The lowest BCUT2D eigenvalue weighted by Gasteiger charge is -2.14. The number of carbonyl (C=O) groups is 1. The van der Waals surface area contributed by atoms with E-state index in [2.05, 4.69) is 5.32 Å². The van der Waals surface area contributed by atoms with Gasteiger partial charge in [0.15, 0.2) is 17.7 Å². The van der Waals surface area contributed by atoms with Crippen molar-refractivity contribution in [3.8, 4) is 5.75 Å². The van der Waals surface area contributed by atoms with Gasteiger partial charge in [0, 0.05) is 18.3 Å². The van der Waals surface area contributed by atoms with Crippen LogP contribution in [0.4, 0.5) is 10.1 Å². The van der Waals surface area contributed by atoms with Crippen molar-refractivity contribution < 1.29 is 23.8 Å². The molecule has 2 unspecified atom stereocenters. The van der Waals surface area contributed by atoms with Gasteiger partial charge in [-0.1, -0.05) is 0 Å². The Morgan fingerprint density at radius 3 is 3.00 bits per heavy atom. The highest BCUT2D eigenvalue weighted by Gasteiger charge is 2.30. The molecule has 0 bridgehead atoms. The van der Waals surface area contributed by atoms with E-state index in [1.54, 1.807) is 12.1 Å². The van der Waals surface area contributed by atoms with Crippen LogP contribution in [-0.2, 0) is 9.53 Å². The van der Waals surface area contributed by atoms with Crippen molar-refractivity contribution in [2.75, 3.05) is 19.0 Å². The van der Waals surface area contributed by atoms with Gasteiger partial charge in [-0.25, -0.2) is 9.18 Å². The Kier molecular flexibility index (Phi) is 4.21. The first-order chi connectivity index (χ1) is 9.10. The first-order valence-electron chi connectivity index (χ1n) is 6.06. The summed E-state index contributed by atoms with van der Waals surface area (Å²) < 4.78 is 23.4. The van der Waals surface area contributed by atoms with Crippen LogP contribution in [0.3, 0.4) is 0 Å². The maximum atomic E-state index is 13.2. The number of benzene rings is 1. The summed E-state index contributed by atoms with van der Waals surface area (Å²) in [6.07, 6.45) is 0.364. The molecular formula is C13H16FNO4. The zero-order valence-corrected chi connectivity index (χ0v) is 10.6. The molecule has 1 aliphatic rings. The van der Waals surface area contributed by atoms with Gasteiger partial charge in [-0.3, -0.25) is 0 Å². The van der Waals surface area contributed by atoms with Crippen LogP contribution in [0.2, 0.25) is 0 Å². The third-order valence-corrected chi connectivity index (χ3v) is 3.07. The van der Waals surface area contributed by atoms with Crippen molar-refractivity contribution in [1.29, 1.82) is 0 Å². The van der Waals surface area contributed by atoms with E-state index in [0.717, 1.165) is 0 Å². The molecule has 0 saturated carbocycles. The summed E-state index contributed by atoms with van der Waals surface area (Å²) >= 11 is 0. The van der Waals surface area contributed by atoms with Crippen molar-refractivity contribution in [1.82, 2.24) is 0 Å². The number of hydrogen-bond acceptors (Lipinski definition) is 4. The lowest BCUT2D eigenvalue weighted by Crippen LogP contribution is -2.24. The molecule has 2 atom stereocenters. The number of carboxylic acid groups (broad SMARTS) is 1. The van der Waals surface area contributed by atoms with Crippen LogP contribution in [0.25, 0.3) is 0 Å². The molecule has 0 amide bonds. The quantitative estimate of drug-likeness (QED) is 0.854. The summed E-state index contributed by atoms with van der Waals surface area (Å²) in [5, 5.41) is 11.9. The monoisotopic (exact) mass is 269 g/mol. The Labute approximate surface area is 110 Å². The highest BCUT2D eigenvalue weighted by atomic mass is 19.1. The fourth-order valence-corrected chi connectivity index (χ4v) is 2.04. The number of halogens is 1. The van der Waals surface area contributed by atoms with Crippen LogP contribution in [0.1, 0.15) is 12.8 Å². The number of nitrogens with one attached hydrogen (secondary N) is 1. The van der Waals surface area contributed by atoms with Gasteiger partial charge in [-0.15, -0.1) is 0 Å².